The van der Waals surface area contributed by atoms with Crippen LogP contribution in [0.15, 0.2) is 42.0 Å². The SMILES string of the molecule is CN(CC1CCN(c2ncnc3scc(-c4ccccc4)c23)CC1)C1(C(N)=O)CCC1. The number of hydrogen-bond donors (Lipinski definition) is 1. The Bertz CT molecular complexity index is 1070. The first-order chi connectivity index (χ1) is 15.1. The number of primary amides is 1. The highest BCUT2D eigenvalue weighted by Gasteiger charge is 2.46. The molecule has 2 N–H and O–H groups in total. The molecule has 5 rings (SSSR count). The fourth-order valence-electron chi connectivity index (χ4n) is 5.15. The highest BCUT2D eigenvalue weighted by atomic mass is 32.1. The van der Waals surface area contributed by atoms with Crippen molar-refractivity contribution in [3.63, 3.8) is 0 Å². The zero-order valence-electron chi connectivity index (χ0n) is 18.0. The van der Waals surface area contributed by atoms with E-state index in [4.69, 9.17) is 10.7 Å². The molecule has 0 spiro atoms. The molecule has 1 aromatic carbocycles. The highest BCUT2D eigenvalue weighted by molar-refractivity contribution is 7.17. The third-order valence-corrected chi connectivity index (χ3v) is 8.14. The summed E-state index contributed by atoms with van der Waals surface area (Å²) in [6, 6.07) is 10.5. The van der Waals surface area contributed by atoms with Crippen molar-refractivity contribution in [2.75, 3.05) is 31.6 Å². The van der Waals surface area contributed by atoms with Gasteiger partial charge in [-0.3, -0.25) is 9.69 Å². The fourth-order valence-corrected chi connectivity index (χ4v) is 6.06. The second-order valence-electron chi connectivity index (χ2n) is 8.95. The number of anilines is 1. The summed E-state index contributed by atoms with van der Waals surface area (Å²) in [6.07, 6.45) is 6.77. The van der Waals surface area contributed by atoms with Crippen molar-refractivity contribution < 1.29 is 4.79 Å². The third-order valence-electron chi connectivity index (χ3n) is 7.25. The molecular formula is C24H29N5OS. The molecule has 0 radical (unpaired) electrons. The number of fused-ring (bicyclic) bond motifs is 1. The number of benzene rings is 1. The number of amides is 1. The van der Waals surface area contributed by atoms with Crippen LogP contribution in [0.25, 0.3) is 21.3 Å². The largest absolute Gasteiger partial charge is 0.368 e. The van der Waals surface area contributed by atoms with Gasteiger partial charge in [0, 0.05) is 30.6 Å². The summed E-state index contributed by atoms with van der Waals surface area (Å²) in [5.74, 6) is 1.46. The van der Waals surface area contributed by atoms with E-state index in [1.165, 1.54) is 11.1 Å². The maximum Gasteiger partial charge on any atom is 0.237 e. The molecule has 162 valence electrons. The number of nitrogens with two attached hydrogens (primary N) is 1. The maximum absolute atomic E-state index is 12.0. The summed E-state index contributed by atoms with van der Waals surface area (Å²) in [5.41, 5.74) is 7.76. The van der Waals surface area contributed by atoms with Gasteiger partial charge in [-0.25, -0.2) is 9.97 Å². The van der Waals surface area contributed by atoms with Crippen molar-refractivity contribution in [3.8, 4) is 11.1 Å². The third kappa shape index (κ3) is 3.59. The number of piperidine rings is 1. The molecule has 1 aliphatic carbocycles. The van der Waals surface area contributed by atoms with Gasteiger partial charge in [0.05, 0.1) is 10.9 Å². The standard InChI is InChI=1S/C24H29N5OS/c1-28(24(23(25)30)10-5-11-24)14-17-8-12-29(13-9-17)21-20-19(18-6-3-2-4-7-18)15-31-22(20)27-16-26-21/h2-4,6-7,15-17H,5,8-14H2,1H3,(H2,25,30). The molecule has 2 fully saturated rings. The Morgan fingerprint density at radius 3 is 2.61 bits per heavy atom. The molecule has 1 aliphatic heterocycles. The van der Waals surface area contributed by atoms with Crippen LogP contribution in [-0.4, -0.2) is 53.0 Å². The van der Waals surface area contributed by atoms with Crippen molar-refractivity contribution in [3.05, 3.63) is 42.0 Å². The Labute approximate surface area is 187 Å². The van der Waals surface area contributed by atoms with Gasteiger partial charge < -0.3 is 10.6 Å². The Hall–Kier alpha value is -2.51. The molecule has 7 heteroatoms. The fraction of sp³-hybridized carbons (Fsp3) is 0.458. The van der Waals surface area contributed by atoms with Gasteiger partial charge in [-0.15, -0.1) is 11.3 Å². The van der Waals surface area contributed by atoms with E-state index in [1.807, 2.05) is 6.07 Å². The minimum absolute atomic E-state index is 0.159. The lowest BCUT2D eigenvalue weighted by atomic mass is 9.74. The first-order valence-electron chi connectivity index (χ1n) is 11.1. The lowest BCUT2D eigenvalue weighted by Gasteiger charge is -2.47. The summed E-state index contributed by atoms with van der Waals surface area (Å²) < 4.78 is 0. The number of thiophene rings is 1. The van der Waals surface area contributed by atoms with Crippen LogP contribution in [-0.2, 0) is 4.79 Å². The van der Waals surface area contributed by atoms with Crippen LogP contribution in [0.1, 0.15) is 32.1 Å². The van der Waals surface area contributed by atoms with E-state index in [9.17, 15) is 4.79 Å². The van der Waals surface area contributed by atoms with E-state index < -0.39 is 5.54 Å². The van der Waals surface area contributed by atoms with Crippen molar-refractivity contribution in [2.45, 2.75) is 37.6 Å². The van der Waals surface area contributed by atoms with Crippen LogP contribution >= 0.6 is 11.3 Å². The first-order valence-corrected chi connectivity index (χ1v) is 12.0. The lowest BCUT2D eigenvalue weighted by Crippen LogP contribution is -2.61. The molecule has 31 heavy (non-hydrogen) atoms. The molecule has 3 heterocycles. The lowest BCUT2D eigenvalue weighted by molar-refractivity contribution is -0.135. The van der Waals surface area contributed by atoms with Gasteiger partial charge in [-0.2, -0.15) is 0 Å². The number of hydrogen-bond acceptors (Lipinski definition) is 6. The Morgan fingerprint density at radius 2 is 1.97 bits per heavy atom. The number of nitrogens with zero attached hydrogens (tertiary/aromatic N) is 4. The van der Waals surface area contributed by atoms with E-state index in [1.54, 1.807) is 17.7 Å². The number of carbonyl (C=O) groups excluding carboxylic acids is 1. The second kappa shape index (κ2) is 8.20. The van der Waals surface area contributed by atoms with E-state index in [2.05, 4.69) is 51.5 Å². The molecule has 1 amide bonds. The summed E-state index contributed by atoms with van der Waals surface area (Å²) in [4.78, 5) is 26.9. The Morgan fingerprint density at radius 1 is 1.23 bits per heavy atom. The van der Waals surface area contributed by atoms with Gasteiger partial charge in [0.25, 0.3) is 0 Å². The van der Waals surface area contributed by atoms with Crippen LogP contribution in [0.2, 0.25) is 0 Å². The molecule has 1 saturated heterocycles. The molecule has 0 bridgehead atoms. The molecule has 6 nitrogen and oxygen atoms in total. The number of aromatic nitrogens is 2. The minimum Gasteiger partial charge on any atom is -0.368 e. The highest BCUT2D eigenvalue weighted by Crippen LogP contribution is 2.40. The van der Waals surface area contributed by atoms with Crippen molar-refractivity contribution in [2.24, 2.45) is 11.7 Å². The molecule has 2 aromatic heterocycles. The molecule has 2 aliphatic rings. The van der Waals surface area contributed by atoms with Gasteiger partial charge in [0.2, 0.25) is 5.91 Å². The number of rotatable bonds is 6. The average molecular weight is 436 g/mol. The summed E-state index contributed by atoms with van der Waals surface area (Å²) >= 11 is 1.68. The second-order valence-corrected chi connectivity index (χ2v) is 9.81. The molecular weight excluding hydrogens is 406 g/mol. The summed E-state index contributed by atoms with van der Waals surface area (Å²) in [6.45, 7) is 2.88. The Balaban J connectivity index is 1.32. The predicted octanol–water partition coefficient (Wildman–Crippen LogP) is 3.91. The summed E-state index contributed by atoms with van der Waals surface area (Å²) in [5, 5.41) is 3.36. The van der Waals surface area contributed by atoms with Crippen LogP contribution in [0.3, 0.4) is 0 Å². The van der Waals surface area contributed by atoms with Crippen molar-refractivity contribution in [1.82, 2.24) is 14.9 Å². The summed E-state index contributed by atoms with van der Waals surface area (Å²) in [7, 11) is 2.07. The van der Waals surface area contributed by atoms with E-state index >= 15 is 0 Å². The van der Waals surface area contributed by atoms with Crippen LogP contribution < -0.4 is 10.6 Å². The number of carbonyl (C=O) groups is 1. The van der Waals surface area contributed by atoms with Crippen molar-refractivity contribution in [1.29, 1.82) is 0 Å². The number of likely N-dealkylation sites (N-methyl/N-ethyl adjacent to an activating group) is 1. The van der Waals surface area contributed by atoms with Gasteiger partial charge >= 0.3 is 0 Å². The zero-order valence-corrected chi connectivity index (χ0v) is 18.8. The molecule has 3 aromatic rings. The minimum atomic E-state index is -0.406. The average Bonchev–Trinajstić information content (AvgIpc) is 3.18. The van der Waals surface area contributed by atoms with E-state index in [0.29, 0.717) is 5.92 Å². The monoisotopic (exact) mass is 435 g/mol. The van der Waals surface area contributed by atoms with Gasteiger partial charge in [-0.1, -0.05) is 30.3 Å². The van der Waals surface area contributed by atoms with Crippen LogP contribution in [0.5, 0.6) is 0 Å². The predicted molar refractivity (Wildman–Crippen MR) is 126 cm³/mol. The van der Waals surface area contributed by atoms with Crippen molar-refractivity contribution >= 4 is 33.3 Å². The zero-order chi connectivity index (χ0) is 21.4. The maximum atomic E-state index is 12.0. The molecule has 1 saturated carbocycles. The first kappa shape index (κ1) is 20.4. The van der Waals surface area contributed by atoms with Crippen LogP contribution in [0, 0.1) is 5.92 Å². The molecule has 0 atom stereocenters. The molecule has 0 unspecified atom stereocenters. The van der Waals surface area contributed by atoms with Crippen LogP contribution in [0.4, 0.5) is 5.82 Å². The Kier molecular flexibility index (Phi) is 5.40. The van der Waals surface area contributed by atoms with E-state index in [-0.39, 0.29) is 5.91 Å². The quantitative estimate of drug-likeness (QED) is 0.635. The smallest absolute Gasteiger partial charge is 0.237 e. The van der Waals surface area contributed by atoms with E-state index in [0.717, 1.165) is 67.8 Å². The van der Waals surface area contributed by atoms with Gasteiger partial charge in [0.15, 0.2) is 0 Å². The van der Waals surface area contributed by atoms with Gasteiger partial charge in [0.1, 0.15) is 17.0 Å². The normalized spacial score (nSPS) is 19.0. The van der Waals surface area contributed by atoms with Gasteiger partial charge in [-0.05, 0) is 50.6 Å². The topological polar surface area (TPSA) is 75.3 Å².